The van der Waals surface area contributed by atoms with Gasteiger partial charge in [-0.15, -0.1) is 0 Å². The van der Waals surface area contributed by atoms with Gasteiger partial charge in [-0.3, -0.25) is 0 Å². The third kappa shape index (κ3) is 4.54. The van der Waals surface area contributed by atoms with Gasteiger partial charge in [0.1, 0.15) is 0 Å². The molecule has 0 amide bonds. The predicted octanol–water partition coefficient (Wildman–Crippen LogP) is 11.9. The zero-order valence-corrected chi connectivity index (χ0v) is 27.3. The van der Waals surface area contributed by atoms with Gasteiger partial charge in [-0.25, -0.2) is 0 Å². The molecule has 0 nitrogen and oxygen atoms in total. The summed E-state index contributed by atoms with van der Waals surface area (Å²) in [6, 6.07) is 33.1. The topological polar surface area (TPSA) is 0 Å². The molecule has 210 valence electrons. The van der Waals surface area contributed by atoms with E-state index in [1.807, 2.05) is 0 Å². The van der Waals surface area contributed by atoms with Crippen LogP contribution in [0, 0.1) is 13.8 Å². The summed E-state index contributed by atoms with van der Waals surface area (Å²) in [7, 11) is -1.23. The molecule has 0 saturated heterocycles. The van der Waals surface area contributed by atoms with Crippen LogP contribution in [0.25, 0.3) is 43.4 Å². The zero-order valence-electron chi connectivity index (χ0n) is 26.5. The first-order valence-electron chi connectivity index (χ1n) is 14.8. The molecule has 0 saturated carbocycles. The summed E-state index contributed by atoms with van der Waals surface area (Å²) in [5.74, 6) is 0. The molecule has 41 heavy (non-hydrogen) atoms. The van der Waals surface area contributed by atoms with Crippen molar-refractivity contribution in [1.82, 2.24) is 0 Å². The lowest BCUT2D eigenvalue weighted by Crippen LogP contribution is -2.13. The van der Waals surface area contributed by atoms with Gasteiger partial charge >= 0.3 is 0 Å². The summed E-state index contributed by atoms with van der Waals surface area (Å²) >= 11 is 0. The summed E-state index contributed by atoms with van der Waals surface area (Å²) in [6.07, 6.45) is 5.00. The van der Waals surface area contributed by atoms with E-state index in [1.165, 1.54) is 75.5 Å². The molecule has 0 N–H and O–H groups in total. The first-order chi connectivity index (χ1) is 19.2. The lowest BCUT2D eigenvalue weighted by Gasteiger charge is -2.41. The molecule has 0 unspecified atom stereocenters. The van der Waals surface area contributed by atoms with E-state index in [0.717, 1.165) is 0 Å². The van der Waals surface area contributed by atoms with Crippen molar-refractivity contribution >= 4 is 42.3 Å². The average Bonchev–Trinajstić information content (AvgIpc) is 2.88. The fraction of sp³-hybridized carbons (Fsp3) is 0.300. The van der Waals surface area contributed by atoms with Gasteiger partial charge in [0.15, 0.2) is 0 Å². The van der Waals surface area contributed by atoms with E-state index in [9.17, 15) is 0 Å². The standard InChI is InChI=1S/C40H44S/c1-25-12-11-13-27-16-21-34-38-33(32-20-18-30(40(6,7)8)24-35(32)41(34,9)10)23-28-15-14-26(2)31(36(28)37(27)38)19-17-29(22-25)39(3,4)5/h11-24H,1-10H3. The largest absolute Gasteiger partial charge is 0.192 e. The monoisotopic (exact) mass is 556 g/mol. The molecule has 1 heterocycles. The van der Waals surface area contributed by atoms with Gasteiger partial charge < -0.3 is 0 Å². The Bertz CT molecular complexity index is 1940. The predicted molar refractivity (Wildman–Crippen MR) is 185 cm³/mol. The van der Waals surface area contributed by atoms with Crippen molar-refractivity contribution in [1.29, 1.82) is 0 Å². The van der Waals surface area contributed by atoms with Crippen LogP contribution in [0.4, 0.5) is 0 Å². The Morgan fingerprint density at radius 2 is 1.17 bits per heavy atom. The van der Waals surface area contributed by atoms with Crippen LogP contribution in [-0.4, -0.2) is 12.5 Å². The van der Waals surface area contributed by atoms with Crippen molar-refractivity contribution < 1.29 is 0 Å². The van der Waals surface area contributed by atoms with Crippen LogP contribution in [0.15, 0.2) is 94.7 Å². The Kier molecular flexibility index (Phi) is 6.36. The highest BCUT2D eigenvalue weighted by molar-refractivity contribution is 8.33. The van der Waals surface area contributed by atoms with E-state index in [-0.39, 0.29) is 10.8 Å². The minimum absolute atomic E-state index is 0.0509. The maximum atomic E-state index is 2.51. The van der Waals surface area contributed by atoms with Crippen LogP contribution in [-0.2, 0) is 10.8 Å². The van der Waals surface area contributed by atoms with Crippen LogP contribution < -0.4 is 0 Å². The van der Waals surface area contributed by atoms with Crippen molar-refractivity contribution in [3.63, 3.8) is 0 Å². The lowest BCUT2D eigenvalue weighted by molar-refractivity contribution is 0.588. The molecule has 6 rings (SSSR count). The average molecular weight is 557 g/mol. The van der Waals surface area contributed by atoms with Gasteiger partial charge in [0.25, 0.3) is 0 Å². The van der Waals surface area contributed by atoms with Gasteiger partial charge in [-0.05, 0) is 110 Å². The van der Waals surface area contributed by atoms with Gasteiger partial charge in [0.05, 0.1) is 0 Å². The zero-order chi connectivity index (χ0) is 29.5. The molecule has 0 radical (unpaired) electrons. The fourth-order valence-electron chi connectivity index (χ4n) is 6.53. The Hall–Kier alpha value is -3.29. The van der Waals surface area contributed by atoms with Crippen LogP contribution in [0.1, 0.15) is 63.8 Å². The van der Waals surface area contributed by atoms with Crippen LogP contribution >= 0.6 is 10.0 Å². The minimum Gasteiger partial charge on any atom is -0.192 e. The molecular weight excluding hydrogens is 513 g/mol. The Morgan fingerprint density at radius 3 is 1.88 bits per heavy atom. The maximum absolute atomic E-state index is 2.51. The van der Waals surface area contributed by atoms with Crippen molar-refractivity contribution in [3.8, 4) is 11.1 Å². The summed E-state index contributed by atoms with van der Waals surface area (Å²) in [5.41, 5.74) is 8.30. The first-order valence-corrected chi connectivity index (χ1v) is 17.3. The Balaban J connectivity index is 1.87. The van der Waals surface area contributed by atoms with Crippen LogP contribution in [0.3, 0.4) is 0 Å². The molecule has 0 bridgehead atoms. The molecule has 1 aliphatic rings. The maximum Gasteiger partial charge on any atom is 0.00320 e. The second kappa shape index (κ2) is 9.36. The number of rotatable bonds is 0. The third-order valence-electron chi connectivity index (χ3n) is 9.07. The second-order valence-corrected chi connectivity index (χ2v) is 18.0. The highest BCUT2D eigenvalue weighted by atomic mass is 32.3. The number of fused-ring (bicyclic) bond motifs is 2. The lowest BCUT2D eigenvalue weighted by atomic mass is 9.84. The van der Waals surface area contributed by atoms with Crippen molar-refractivity contribution in [2.75, 3.05) is 12.5 Å². The number of hydrogen-bond acceptors (Lipinski definition) is 0. The normalized spacial score (nSPS) is 15.1. The Morgan fingerprint density at radius 1 is 0.512 bits per heavy atom. The molecule has 5 aromatic carbocycles. The van der Waals surface area contributed by atoms with Crippen LogP contribution in [0.2, 0.25) is 0 Å². The molecular formula is C40H44S. The summed E-state index contributed by atoms with van der Waals surface area (Å²) in [4.78, 5) is 3.02. The van der Waals surface area contributed by atoms with E-state index in [0.29, 0.717) is 0 Å². The van der Waals surface area contributed by atoms with Crippen molar-refractivity contribution in [3.05, 3.63) is 107 Å². The van der Waals surface area contributed by atoms with E-state index in [1.54, 1.807) is 0 Å². The highest BCUT2D eigenvalue weighted by Crippen LogP contribution is 2.66. The fourth-order valence-corrected chi connectivity index (χ4v) is 9.05. The highest BCUT2D eigenvalue weighted by Gasteiger charge is 2.32. The SMILES string of the molecule is Cc1cccc2ccc3c4c(cc5ccc(C)c(ccc(C(C)(C)C)c1)c5c24)-c1ccc(C(C)(C)C)cc1S3(C)C. The number of aryl methyl sites for hydroxylation is 2. The molecule has 5 aromatic rings. The van der Waals surface area contributed by atoms with E-state index >= 15 is 0 Å². The molecule has 0 fully saturated rings. The summed E-state index contributed by atoms with van der Waals surface area (Å²) in [6.45, 7) is 18.4. The molecule has 0 aromatic heterocycles. The molecule has 1 heteroatoms. The van der Waals surface area contributed by atoms with E-state index in [4.69, 9.17) is 0 Å². The summed E-state index contributed by atoms with van der Waals surface area (Å²) < 4.78 is 0. The van der Waals surface area contributed by atoms with Gasteiger partial charge in [0.2, 0.25) is 0 Å². The van der Waals surface area contributed by atoms with Gasteiger partial charge in [-0.1, -0.05) is 114 Å². The second-order valence-electron chi connectivity index (χ2n) is 14.5. The smallest absolute Gasteiger partial charge is 0.00320 e. The van der Waals surface area contributed by atoms with Crippen LogP contribution in [0.5, 0.6) is 0 Å². The summed E-state index contributed by atoms with van der Waals surface area (Å²) in [5, 5.41) is 8.16. The van der Waals surface area contributed by atoms with Crippen molar-refractivity contribution in [2.24, 2.45) is 0 Å². The quantitative estimate of drug-likeness (QED) is 0.166. The molecule has 0 spiro atoms. The molecule has 0 aliphatic carbocycles. The molecule has 0 atom stereocenters. The van der Waals surface area contributed by atoms with Gasteiger partial charge in [-0.2, -0.15) is 10.0 Å². The Labute approximate surface area is 248 Å². The van der Waals surface area contributed by atoms with Crippen molar-refractivity contribution in [2.45, 2.75) is 76.0 Å². The van der Waals surface area contributed by atoms with Gasteiger partial charge in [0, 0.05) is 15.2 Å². The number of benzene rings is 4. The third-order valence-corrected chi connectivity index (χ3v) is 11.9. The van der Waals surface area contributed by atoms with E-state index in [2.05, 4.69) is 153 Å². The minimum atomic E-state index is -1.23. The van der Waals surface area contributed by atoms with E-state index < -0.39 is 10.0 Å². The number of hydrogen-bond donors (Lipinski definition) is 0. The molecule has 1 aliphatic heterocycles. The first kappa shape index (κ1) is 27.9.